The van der Waals surface area contributed by atoms with Crippen molar-refractivity contribution in [2.45, 2.75) is 51.0 Å². The molecule has 3 aromatic rings. The minimum absolute atomic E-state index is 0.397. The van der Waals surface area contributed by atoms with Gasteiger partial charge in [0.05, 0.1) is 5.56 Å². The van der Waals surface area contributed by atoms with E-state index in [2.05, 4.69) is 20.5 Å². The van der Waals surface area contributed by atoms with Gasteiger partial charge < -0.3 is 20.9 Å². The predicted octanol–water partition coefficient (Wildman–Crippen LogP) is 4.46. The molecule has 4 N–H and O–H groups in total. The molecule has 1 saturated carbocycles. The molecule has 0 saturated heterocycles. The van der Waals surface area contributed by atoms with Gasteiger partial charge in [0.15, 0.2) is 0 Å². The summed E-state index contributed by atoms with van der Waals surface area (Å²) < 4.78 is 5.76. The number of nitrogens with one attached hydrogen (secondary N) is 2. The fourth-order valence-electron chi connectivity index (χ4n) is 3.75. The molecule has 7 heteroatoms. The van der Waals surface area contributed by atoms with Gasteiger partial charge in [-0.05, 0) is 37.5 Å². The van der Waals surface area contributed by atoms with Crippen LogP contribution in [0.5, 0.6) is 0 Å². The van der Waals surface area contributed by atoms with E-state index in [4.69, 9.17) is 15.6 Å². The van der Waals surface area contributed by atoms with Crippen LogP contribution in [0.15, 0.2) is 47.0 Å². The Bertz CT molecular complexity index is 962. The third-order valence-corrected chi connectivity index (χ3v) is 5.31. The number of anilines is 2. The zero-order chi connectivity index (χ0) is 20.1. The lowest BCUT2D eigenvalue weighted by Crippen LogP contribution is -2.24. The largest absolute Gasteiger partial charge is 0.421 e. The molecule has 1 fully saturated rings. The van der Waals surface area contributed by atoms with Crippen LogP contribution in [-0.4, -0.2) is 26.9 Å². The Labute approximate surface area is 170 Å². The lowest BCUT2D eigenvalue weighted by molar-refractivity contribution is 0.462. The van der Waals surface area contributed by atoms with Crippen molar-refractivity contribution in [1.29, 1.82) is 5.41 Å². The molecule has 0 bridgehead atoms. The fourth-order valence-corrected chi connectivity index (χ4v) is 3.75. The maximum absolute atomic E-state index is 8.60. The van der Waals surface area contributed by atoms with Crippen molar-refractivity contribution in [2.24, 2.45) is 0 Å². The van der Waals surface area contributed by atoms with Crippen molar-refractivity contribution in [3.63, 3.8) is 0 Å². The normalized spacial score (nSPS) is 14.6. The standard InChI is InChI=1S/C22H26N6O/c23-17(11-12-19-27-28-22(29-19)15-7-3-1-4-8-15)20-18(24)13-14-25-21(20)26-16-9-5-2-6-10-16/h1,3-4,7-8,13-14,16,23H,2,5-6,9-12H2,(H3,24,25,26). The fraction of sp³-hybridized carbons (Fsp3) is 0.364. The maximum atomic E-state index is 8.60. The quantitative estimate of drug-likeness (QED) is 0.513. The monoisotopic (exact) mass is 390 g/mol. The molecule has 2 aromatic heterocycles. The summed E-state index contributed by atoms with van der Waals surface area (Å²) in [5.41, 5.74) is 8.76. The van der Waals surface area contributed by atoms with Gasteiger partial charge in [-0.1, -0.05) is 37.5 Å². The number of hydrogen-bond acceptors (Lipinski definition) is 7. The summed E-state index contributed by atoms with van der Waals surface area (Å²) in [4.78, 5) is 4.47. The molecule has 0 atom stereocenters. The van der Waals surface area contributed by atoms with Crippen LogP contribution in [0.3, 0.4) is 0 Å². The molecule has 2 heterocycles. The molecule has 29 heavy (non-hydrogen) atoms. The molecule has 7 nitrogen and oxygen atoms in total. The number of rotatable bonds is 7. The van der Waals surface area contributed by atoms with Crippen LogP contribution in [-0.2, 0) is 6.42 Å². The highest BCUT2D eigenvalue weighted by atomic mass is 16.4. The van der Waals surface area contributed by atoms with Crippen molar-refractivity contribution in [1.82, 2.24) is 15.2 Å². The minimum atomic E-state index is 0.397. The molecule has 0 spiro atoms. The Morgan fingerprint density at radius 2 is 1.90 bits per heavy atom. The number of benzene rings is 1. The lowest BCUT2D eigenvalue weighted by atomic mass is 9.95. The summed E-state index contributed by atoms with van der Waals surface area (Å²) in [6.45, 7) is 0. The Balaban J connectivity index is 1.44. The summed E-state index contributed by atoms with van der Waals surface area (Å²) in [5, 5.41) is 20.3. The molecule has 1 aliphatic carbocycles. The Morgan fingerprint density at radius 3 is 2.69 bits per heavy atom. The van der Waals surface area contributed by atoms with E-state index in [1.54, 1.807) is 12.3 Å². The van der Waals surface area contributed by atoms with Crippen molar-refractivity contribution in [2.75, 3.05) is 11.1 Å². The van der Waals surface area contributed by atoms with Gasteiger partial charge in [0, 0.05) is 35.6 Å². The van der Waals surface area contributed by atoms with Gasteiger partial charge in [0.25, 0.3) is 0 Å². The van der Waals surface area contributed by atoms with E-state index < -0.39 is 0 Å². The van der Waals surface area contributed by atoms with Gasteiger partial charge in [-0.15, -0.1) is 10.2 Å². The van der Waals surface area contributed by atoms with Crippen molar-refractivity contribution in [3.8, 4) is 11.5 Å². The van der Waals surface area contributed by atoms with Gasteiger partial charge in [-0.2, -0.15) is 0 Å². The lowest BCUT2D eigenvalue weighted by Gasteiger charge is -2.25. The Kier molecular flexibility index (Phi) is 5.84. The molecule has 0 aliphatic heterocycles. The molecule has 0 unspecified atom stereocenters. The molecule has 1 aliphatic rings. The van der Waals surface area contributed by atoms with Crippen molar-refractivity contribution >= 4 is 17.2 Å². The van der Waals surface area contributed by atoms with E-state index in [-0.39, 0.29) is 0 Å². The smallest absolute Gasteiger partial charge is 0.247 e. The zero-order valence-electron chi connectivity index (χ0n) is 16.4. The van der Waals surface area contributed by atoms with Crippen molar-refractivity contribution < 1.29 is 4.42 Å². The minimum Gasteiger partial charge on any atom is -0.421 e. The molecule has 0 amide bonds. The highest BCUT2D eigenvalue weighted by molar-refractivity contribution is 6.06. The topological polar surface area (TPSA) is 114 Å². The summed E-state index contributed by atoms with van der Waals surface area (Å²) >= 11 is 0. The van der Waals surface area contributed by atoms with Gasteiger partial charge >= 0.3 is 0 Å². The zero-order valence-corrected chi connectivity index (χ0v) is 16.4. The maximum Gasteiger partial charge on any atom is 0.247 e. The Morgan fingerprint density at radius 1 is 1.10 bits per heavy atom. The number of aryl methyl sites for hydroxylation is 1. The predicted molar refractivity (Wildman–Crippen MR) is 114 cm³/mol. The first-order valence-electron chi connectivity index (χ1n) is 10.2. The first kappa shape index (κ1) is 19.1. The highest BCUT2D eigenvalue weighted by Crippen LogP contribution is 2.27. The highest BCUT2D eigenvalue weighted by Gasteiger charge is 2.19. The van der Waals surface area contributed by atoms with Gasteiger partial charge in [0.2, 0.25) is 11.8 Å². The number of aromatic nitrogens is 3. The molecule has 0 radical (unpaired) electrons. The summed E-state index contributed by atoms with van der Waals surface area (Å²) in [6, 6.07) is 11.8. The second-order valence-electron chi connectivity index (χ2n) is 7.45. The average molecular weight is 390 g/mol. The molecular weight excluding hydrogens is 364 g/mol. The van der Waals surface area contributed by atoms with E-state index in [0.717, 1.165) is 18.4 Å². The molecule has 1 aromatic carbocycles. The van der Waals surface area contributed by atoms with E-state index in [1.165, 1.54) is 19.3 Å². The first-order valence-corrected chi connectivity index (χ1v) is 10.2. The number of hydrogen-bond donors (Lipinski definition) is 3. The van der Waals surface area contributed by atoms with Crippen LogP contribution in [0.1, 0.15) is 50.0 Å². The summed E-state index contributed by atoms with van der Waals surface area (Å²) in [6.07, 6.45) is 8.64. The van der Waals surface area contributed by atoms with Crippen LogP contribution in [0.2, 0.25) is 0 Å². The SMILES string of the molecule is N=C(CCc1nnc(-c2ccccc2)o1)c1c(N)ccnc1NC1CCCCC1. The molecular formula is C22H26N6O. The van der Waals surface area contributed by atoms with E-state index in [1.807, 2.05) is 30.3 Å². The van der Waals surface area contributed by atoms with Gasteiger partial charge in [-0.25, -0.2) is 4.98 Å². The van der Waals surface area contributed by atoms with Gasteiger partial charge in [0.1, 0.15) is 5.82 Å². The van der Waals surface area contributed by atoms with Crippen LogP contribution in [0.4, 0.5) is 11.5 Å². The summed E-state index contributed by atoms with van der Waals surface area (Å²) in [7, 11) is 0. The van der Waals surface area contributed by atoms with Crippen molar-refractivity contribution in [3.05, 3.63) is 54.0 Å². The van der Waals surface area contributed by atoms with Crippen LogP contribution in [0, 0.1) is 5.41 Å². The van der Waals surface area contributed by atoms with E-state index in [9.17, 15) is 0 Å². The third kappa shape index (κ3) is 4.62. The molecule has 4 rings (SSSR count). The summed E-state index contributed by atoms with van der Waals surface area (Å²) in [5.74, 6) is 1.71. The second-order valence-corrected chi connectivity index (χ2v) is 7.45. The molecule has 150 valence electrons. The number of nitrogens with two attached hydrogens (primary N) is 1. The second kappa shape index (κ2) is 8.86. The van der Waals surface area contributed by atoms with E-state index in [0.29, 0.717) is 53.4 Å². The van der Waals surface area contributed by atoms with Crippen LogP contribution >= 0.6 is 0 Å². The van der Waals surface area contributed by atoms with E-state index >= 15 is 0 Å². The third-order valence-electron chi connectivity index (χ3n) is 5.31. The number of nitrogen functional groups attached to an aromatic ring is 1. The first-order chi connectivity index (χ1) is 14.2. The van der Waals surface area contributed by atoms with Gasteiger partial charge in [-0.3, -0.25) is 0 Å². The average Bonchev–Trinajstić information content (AvgIpc) is 3.23. The Hall–Kier alpha value is -3.22. The number of pyridine rings is 1. The van der Waals surface area contributed by atoms with Crippen LogP contribution in [0.25, 0.3) is 11.5 Å². The number of nitrogens with zero attached hydrogens (tertiary/aromatic N) is 3. The van der Waals surface area contributed by atoms with Crippen LogP contribution < -0.4 is 11.1 Å².